The molecule has 0 bridgehead atoms. The third-order valence-electron chi connectivity index (χ3n) is 1.95. The lowest BCUT2D eigenvalue weighted by molar-refractivity contribution is -0.141. The first kappa shape index (κ1) is 13.6. The van der Waals surface area contributed by atoms with Crippen molar-refractivity contribution in [2.45, 2.75) is 45.6 Å². The number of carboxylic acids is 1. The molecule has 0 heterocycles. The van der Waals surface area contributed by atoms with Crippen molar-refractivity contribution < 1.29 is 19.5 Å². The van der Waals surface area contributed by atoms with Crippen LogP contribution in [0.2, 0.25) is 0 Å². The van der Waals surface area contributed by atoms with E-state index < -0.39 is 12.0 Å². The van der Waals surface area contributed by atoms with E-state index in [1.165, 1.54) is 13.8 Å². The van der Waals surface area contributed by atoms with Crippen molar-refractivity contribution >= 4 is 17.7 Å². The fourth-order valence-corrected chi connectivity index (χ4v) is 1.23. The topological polar surface area (TPSA) is 83.5 Å². The highest BCUT2D eigenvalue weighted by molar-refractivity contribution is 5.82. The summed E-state index contributed by atoms with van der Waals surface area (Å²) in [6, 6.07) is -0.838. The predicted molar refractivity (Wildman–Crippen MR) is 54.4 cm³/mol. The Labute approximate surface area is 88.9 Å². The standard InChI is InChI=1S/C10H17NO4/c1-7(12)5-3-4-6-9(10(14)15)11-8(2)13/h9H,3-6H2,1-2H3,(H,11,13)(H,14,15). The number of amides is 1. The largest absolute Gasteiger partial charge is 0.480 e. The lowest BCUT2D eigenvalue weighted by atomic mass is 10.1. The second-order valence-electron chi connectivity index (χ2n) is 3.54. The SMILES string of the molecule is CC(=O)CCCCC(NC(C)=O)C(=O)O. The fraction of sp³-hybridized carbons (Fsp3) is 0.700. The molecule has 0 saturated carbocycles. The van der Waals surface area contributed by atoms with Gasteiger partial charge in [-0.1, -0.05) is 6.42 Å². The number of carbonyl (C=O) groups is 3. The van der Waals surface area contributed by atoms with E-state index in [2.05, 4.69) is 5.32 Å². The van der Waals surface area contributed by atoms with E-state index in [4.69, 9.17) is 5.11 Å². The van der Waals surface area contributed by atoms with Crippen molar-refractivity contribution in [3.8, 4) is 0 Å². The number of hydrogen-bond donors (Lipinski definition) is 2. The molecule has 5 nitrogen and oxygen atoms in total. The van der Waals surface area contributed by atoms with Crippen LogP contribution < -0.4 is 5.32 Å². The van der Waals surface area contributed by atoms with Gasteiger partial charge in [-0.3, -0.25) is 4.79 Å². The minimum atomic E-state index is -1.03. The first-order valence-electron chi connectivity index (χ1n) is 4.93. The number of rotatable bonds is 7. The van der Waals surface area contributed by atoms with Crippen molar-refractivity contribution in [1.82, 2.24) is 5.32 Å². The molecule has 15 heavy (non-hydrogen) atoms. The Bertz CT molecular complexity index is 250. The summed E-state index contributed by atoms with van der Waals surface area (Å²) in [4.78, 5) is 32.0. The third-order valence-corrected chi connectivity index (χ3v) is 1.95. The average molecular weight is 215 g/mol. The van der Waals surface area contributed by atoms with Gasteiger partial charge in [0.15, 0.2) is 0 Å². The van der Waals surface area contributed by atoms with Crippen LogP contribution in [0.1, 0.15) is 39.5 Å². The van der Waals surface area contributed by atoms with Crippen LogP contribution >= 0.6 is 0 Å². The van der Waals surface area contributed by atoms with Gasteiger partial charge in [-0.25, -0.2) is 4.79 Å². The number of nitrogens with one attached hydrogen (secondary N) is 1. The number of Topliss-reactive ketones (excluding diaryl/α,β-unsaturated/α-hetero) is 1. The van der Waals surface area contributed by atoms with E-state index in [0.717, 1.165) is 0 Å². The molecule has 5 heteroatoms. The molecule has 1 atom stereocenters. The lowest BCUT2D eigenvalue weighted by Crippen LogP contribution is -2.39. The number of carboxylic acid groups (broad SMARTS) is 1. The zero-order valence-electron chi connectivity index (χ0n) is 9.08. The molecule has 2 N–H and O–H groups in total. The Hall–Kier alpha value is -1.39. The van der Waals surface area contributed by atoms with Gasteiger partial charge >= 0.3 is 5.97 Å². The van der Waals surface area contributed by atoms with Crippen molar-refractivity contribution in [1.29, 1.82) is 0 Å². The molecule has 1 unspecified atom stereocenters. The summed E-state index contributed by atoms with van der Waals surface area (Å²) in [5.41, 5.74) is 0. The van der Waals surface area contributed by atoms with Crippen molar-refractivity contribution in [3.05, 3.63) is 0 Å². The molecule has 0 aromatic carbocycles. The number of aliphatic carboxylic acids is 1. The monoisotopic (exact) mass is 215 g/mol. The molecule has 0 fully saturated rings. The Balaban J connectivity index is 3.81. The van der Waals surface area contributed by atoms with Gasteiger partial charge in [-0.15, -0.1) is 0 Å². The van der Waals surface area contributed by atoms with Crippen LogP contribution in [0.5, 0.6) is 0 Å². The average Bonchev–Trinajstić information content (AvgIpc) is 2.08. The predicted octanol–water partition coefficient (Wildman–Crippen LogP) is 0.725. The quantitative estimate of drug-likeness (QED) is 0.613. The third kappa shape index (κ3) is 7.66. The van der Waals surface area contributed by atoms with Crippen molar-refractivity contribution in [3.63, 3.8) is 0 Å². The Morgan fingerprint density at radius 1 is 1.20 bits per heavy atom. The first-order valence-corrected chi connectivity index (χ1v) is 4.93. The molecule has 0 saturated heterocycles. The van der Waals surface area contributed by atoms with Crippen LogP contribution in [0, 0.1) is 0 Å². The minimum Gasteiger partial charge on any atom is -0.480 e. The van der Waals surface area contributed by atoms with Crippen molar-refractivity contribution in [2.75, 3.05) is 0 Å². The van der Waals surface area contributed by atoms with E-state index in [1.54, 1.807) is 0 Å². The molecule has 0 aliphatic rings. The maximum absolute atomic E-state index is 10.7. The summed E-state index contributed by atoms with van der Waals surface area (Å²) < 4.78 is 0. The Morgan fingerprint density at radius 2 is 1.80 bits per heavy atom. The molecular formula is C10H17NO4. The second kappa shape index (κ2) is 6.98. The molecule has 0 aliphatic carbocycles. The second-order valence-corrected chi connectivity index (χ2v) is 3.54. The number of ketones is 1. The van der Waals surface area contributed by atoms with Gasteiger partial charge in [-0.2, -0.15) is 0 Å². The molecule has 0 spiro atoms. The highest BCUT2D eigenvalue weighted by Gasteiger charge is 2.17. The molecule has 0 aromatic rings. The summed E-state index contributed by atoms with van der Waals surface area (Å²) in [6.45, 7) is 2.79. The van der Waals surface area contributed by atoms with E-state index >= 15 is 0 Å². The summed E-state index contributed by atoms with van der Waals surface area (Å²) in [5.74, 6) is -1.29. The zero-order chi connectivity index (χ0) is 11.8. The smallest absolute Gasteiger partial charge is 0.326 e. The summed E-state index contributed by atoms with van der Waals surface area (Å²) in [6.07, 6.45) is 2.12. The van der Waals surface area contributed by atoms with Crippen LogP contribution in [0.4, 0.5) is 0 Å². The molecule has 86 valence electrons. The van der Waals surface area contributed by atoms with Gasteiger partial charge in [-0.05, 0) is 19.8 Å². The first-order chi connectivity index (χ1) is 6.93. The normalized spacial score (nSPS) is 11.9. The highest BCUT2D eigenvalue weighted by atomic mass is 16.4. The van der Waals surface area contributed by atoms with Crippen LogP contribution in [-0.2, 0) is 14.4 Å². The van der Waals surface area contributed by atoms with Gasteiger partial charge in [0.05, 0.1) is 0 Å². The van der Waals surface area contributed by atoms with E-state index in [0.29, 0.717) is 25.7 Å². The van der Waals surface area contributed by atoms with Crippen LogP contribution in [-0.4, -0.2) is 28.8 Å². The summed E-state index contributed by atoms with van der Waals surface area (Å²) in [7, 11) is 0. The summed E-state index contributed by atoms with van der Waals surface area (Å²) >= 11 is 0. The van der Waals surface area contributed by atoms with Crippen LogP contribution in [0.3, 0.4) is 0 Å². The molecular weight excluding hydrogens is 198 g/mol. The zero-order valence-corrected chi connectivity index (χ0v) is 9.08. The van der Waals surface area contributed by atoms with E-state index in [1.807, 2.05) is 0 Å². The highest BCUT2D eigenvalue weighted by Crippen LogP contribution is 2.04. The van der Waals surface area contributed by atoms with Crippen LogP contribution in [0.15, 0.2) is 0 Å². The Morgan fingerprint density at radius 3 is 2.20 bits per heavy atom. The number of carbonyl (C=O) groups excluding carboxylic acids is 2. The molecule has 0 radical (unpaired) electrons. The molecule has 0 aromatic heterocycles. The number of hydrogen-bond acceptors (Lipinski definition) is 3. The summed E-state index contributed by atoms with van der Waals surface area (Å²) in [5, 5.41) is 11.1. The molecule has 1 amide bonds. The van der Waals surface area contributed by atoms with Crippen LogP contribution in [0.25, 0.3) is 0 Å². The maximum atomic E-state index is 10.7. The minimum absolute atomic E-state index is 0.0985. The number of unbranched alkanes of at least 4 members (excludes halogenated alkanes) is 1. The van der Waals surface area contributed by atoms with Gasteiger partial charge in [0.2, 0.25) is 5.91 Å². The van der Waals surface area contributed by atoms with E-state index in [9.17, 15) is 14.4 Å². The van der Waals surface area contributed by atoms with Crippen molar-refractivity contribution in [2.24, 2.45) is 0 Å². The van der Waals surface area contributed by atoms with E-state index in [-0.39, 0.29) is 11.7 Å². The molecule has 0 aliphatic heterocycles. The molecule has 0 rings (SSSR count). The Kier molecular flexibility index (Phi) is 6.33. The lowest BCUT2D eigenvalue weighted by Gasteiger charge is -2.12. The van der Waals surface area contributed by atoms with Gasteiger partial charge in [0.25, 0.3) is 0 Å². The van der Waals surface area contributed by atoms with Gasteiger partial charge in [0, 0.05) is 13.3 Å². The maximum Gasteiger partial charge on any atom is 0.326 e. The fourth-order valence-electron chi connectivity index (χ4n) is 1.23. The van der Waals surface area contributed by atoms with Gasteiger partial charge in [0.1, 0.15) is 11.8 Å². The van der Waals surface area contributed by atoms with Gasteiger partial charge < -0.3 is 15.2 Å².